The quantitative estimate of drug-likeness (QED) is 0.797. The molecule has 18 heavy (non-hydrogen) atoms. The second-order valence-electron chi connectivity index (χ2n) is 3.30. The molecule has 0 aliphatic heterocycles. The Bertz CT molecular complexity index is 549. The van der Waals surface area contributed by atoms with Crippen molar-refractivity contribution >= 4 is 11.6 Å². The van der Waals surface area contributed by atoms with Gasteiger partial charge in [-0.3, -0.25) is 0 Å². The van der Waals surface area contributed by atoms with Gasteiger partial charge in [-0.2, -0.15) is 0 Å². The molecule has 0 amide bonds. The number of ether oxygens (including phenoxy) is 3. The average Bonchev–Trinajstić information content (AvgIpc) is 2.38. The van der Waals surface area contributed by atoms with Crippen molar-refractivity contribution in [2.45, 2.75) is 0 Å². The molecule has 2 rings (SSSR count). The molecule has 0 bridgehead atoms. The van der Waals surface area contributed by atoms with Crippen LogP contribution in [0.25, 0.3) is 0 Å². The molecule has 1 aromatic carbocycles. The van der Waals surface area contributed by atoms with E-state index < -0.39 is 0 Å². The van der Waals surface area contributed by atoms with Gasteiger partial charge in [0.25, 0.3) is 0 Å². The summed E-state index contributed by atoms with van der Waals surface area (Å²) in [4.78, 5) is 7.72. The Morgan fingerprint density at radius 2 is 1.78 bits per heavy atom. The van der Waals surface area contributed by atoms with E-state index >= 15 is 0 Å². The predicted molar refractivity (Wildman–Crippen MR) is 66.7 cm³/mol. The number of hydrogen-bond acceptors (Lipinski definition) is 5. The highest BCUT2D eigenvalue weighted by molar-refractivity contribution is 6.29. The predicted octanol–water partition coefficient (Wildman–Crippen LogP) is 2.94. The minimum atomic E-state index is 0.320. The molecule has 0 unspecified atom stereocenters. The number of benzene rings is 1. The van der Waals surface area contributed by atoms with E-state index in [1.54, 1.807) is 32.4 Å². The molecule has 0 N–H and O–H groups in total. The summed E-state index contributed by atoms with van der Waals surface area (Å²) in [5, 5.41) is 0.320. The van der Waals surface area contributed by atoms with Gasteiger partial charge in [0.05, 0.1) is 14.2 Å². The van der Waals surface area contributed by atoms with Crippen molar-refractivity contribution in [3.8, 4) is 23.1 Å². The normalized spacial score (nSPS) is 9.94. The maximum atomic E-state index is 5.74. The van der Waals surface area contributed by atoms with Crippen LogP contribution < -0.4 is 14.2 Å². The molecule has 1 aromatic heterocycles. The van der Waals surface area contributed by atoms with Crippen LogP contribution in [0.3, 0.4) is 0 Å². The molecule has 0 atom stereocenters. The minimum Gasteiger partial charge on any atom is -0.493 e. The van der Waals surface area contributed by atoms with Gasteiger partial charge in [-0.05, 0) is 12.1 Å². The summed E-state index contributed by atoms with van der Waals surface area (Å²) < 4.78 is 15.8. The summed E-state index contributed by atoms with van der Waals surface area (Å²) in [6, 6.07) is 6.72. The van der Waals surface area contributed by atoms with Gasteiger partial charge in [0.1, 0.15) is 17.2 Å². The average molecular weight is 267 g/mol. The first-order valence-electron chi connectivity index (χ1n) is 5.10. The zero-order chi connectivity index (χ0) is 13.0. The molecule has 0 aliphatic carbocycles. The molecule has 5 nitrogen and oxygen atoms in total. The van der Waals surface area contributed by atoms with Crippen LogP contribution >= 0.6 is 11.6 Å². The summed E-state index contributed by atoms with van der Waals surface area (Å²) >= 11 is 5.74. The Kier molecular flexibility index (Phi) is 3.84. The SMILES string of the molecule is COc1ccc(Oc2cc(Cl)ncn2)cc1OC. The molecule has 6 heteroatoms. The lowest BCUT2D eigenvalue weighted by molar-refractivity contribution is 0.351. The van der Waals surface area contributed by atoms with Crippen LogP contribution in [0.2, 0.25) is 5.15 Å². The summed E-state index contributed by atoms with van der Waals surface area (Å²) in [5.41, 5.74) is 0. The Hall–Kier alpha value is -2.01. The van der Waals surface area contributed by atoms with Crippen molar-refractivity contribution < 1.29 is 14.2 Å². The second-order valence-corrected chi connectivity index (χ2v) is 3.69. The van der Waals surface area contributed by atoms with Crippen LogP contribution in [0.1, 0.15) is 0 Å². The van der Waals surface area contributed by atoms with Gasteiger partial charge in [0.2, 0.25) is 5.88 Å². The van der Waals surface area contributed by atoms with E-state index in [0.717, 1.165) is 0 Å². The molecule has 0 fully saturated rings. The standard InChI is InChI=1S/C12H11ClN2O3/c1-16-9-4-3-8(5-10(9)17-2)18-12-6-11(13)14-7-15-12/h3-7H,1-2H3. The molecule has 0 aliphatic rings. The van der Waals surface area contributed by atoms with Crippen molar-refractivity contribution in [2.75, 3.05) is 14.2 Å². The lowest BCUT2D eigenvalue weighted by Crippen LogP contribution is -1.93. The van der Waals surface area contributed by atoms with Gasteiger partial charge in [0, 0.05) is 12.1 Å². The highest BCUT2D eigenvalue weighted by atomic mass is 35.5. The maximum Gasteiger partial charge on any atom is 0.223 e. The molecular weight excluding hydrogens is 256 g/mol. The van der Waals surface area contributed by atoms with Crippen LogP contribution in [-0.4, -0.2) is 24.2 Å². The third-order valence-electron chi connectivity index (χ3n) is 2.19. The molecule has 0 radical (unpaired) electrons. The van der Waals surface area contributed by atoms with E-state index in [9.17, 15) is 0 Å². The number of nitrogens with zero attached hydrogens (tertiary/aromatic N) is 2. The second kappa shape index (κ2) is 5.55. The third-order valence-corrected chi connectivity index (χ3v) is 2.39. The lowest BCUT2D eigenvalue weighted by atomic mass is 10.3. The minimum absolute atomic E-state index is 0.320. The van der Waals surface area contributed by atoms with Gasteiger partial charge >= 0.3 is 0 Å². The first kappa shape index (κ1) is 12.4. The number of aromatic nitrogens is 2. The van der Waals surface area contributed by atoms with E-state index in [1.807, 2.05) is 0 Å². The van der Waals surface area contributed by atoms with Gasteiger partial charge in [-0.25, -0.2) is 9.97 Å². The highest BCUT2D eigenvalue weighted by Gasteiger charge is 2.06. The van der Waals surface area contributed by atoms with E-state index in [2.05, 4.69) is 9.97 Å². The number of hydrogen-bond donors (Lipinski definition) is 0. The zero-order valence-electron chi connectivity index (χ0n) is 9.88. The maximum absolute atomic E-state index is 5.74. The number of rotatable bonds is 4. The Labute approximate surface area is 109 Å². The van der Waals surface area contributed by atoms with Crippen molar-refractivity contribution in [3.05, 3.63) is 35.7 Å². The zero-order valence-corrected chi connectivity index (χ0v) is 10.6. The van der Waals surface area contributed by atoms with Crippen LogP contribution in [0, 0.1) is 0 Å². The molecule has 0 saturated carbocycles. The Morgan fingerprint density at radius 1 is 1.00 bits per heavy atom. The fraction of sp³-hybridized carbons (Fsp3) is 0.167. The molecular formula is C12H11ClN2O3. The van der Waals surface area contributed by atoms with Gasteiger partial charge in [-0.1, -0.05) is 11.6 Å². The summed E-state index contributed by atoms with van der Waals surface area (Å²) in [5.74, 6) is 2.14. The van der Waals surface area contributed by atoms with Crippen LogP contribution in [-0.2, 0) is 0 Å². The molecule has 94 valence electrons. The fourth-order valence-corrected chi connectivity index (χ4v) is 1.51. The first-order valence-corrected chi connectivity index (χ1v) is 5.48. The topological polar surface area (TPSA) is 53.5 Å². The monoisotopic (exact) mass is 266 g/mol. The van der Waals surface area contributed by atoms with Crippen molar-refractivity contribution in [2.24, 2.45) is 0 Å². The Balaban J connectivity index is 2.24. The van der Waals surface area contributed by atoms with Gasteiger partial charge in [-0.15, -0.1) is 0 Å². The summed E-state index contributed by atoms with van der Waals surface area (Å²) in [6.07, 6.45) is 1.33. The van der Waals surface area contributed by atoms with Gasteiger partial charge in [0.15, 0.2) is 11.5 Å². The largest absolute Gasteiger partial charge is 0.493 e. The third kappa shape index (κ3) is 2.81. The van der Waals surface area contributed by atoms with Crippen LogP contribution in [0.15, 0.2) is 30.6 Å². The first-order chi connectivity index (χ1) is 8.72. The molecule has 0 saturated heterocycles. The van der Waals surface area contributed by atoms with Crippen molar-refractivity contribution in [3.63, 3.8) is 0 Å². The molecule has 1 heterocycles. The number of methoxy groups -OCH3 is 2. The van der Waals surface area contributed by atoms with E-state index in [-0.39, 0.29) is 0 Å². The van der Waals surface area contributed by atoms with Crippen molar-refractivity contribution in [1.29, 1.82) is 0 Å². The summed E-state index contributed by atoms with van der Waals surface area (Å²) in [7, 11) is 3.13. The van der Waals surface area contributed by atoms with E-state index in [0.29, 0.717) is 28.3 Å². The van der Waals surface area contributed by atoms with E-state index in [4.69, 9.17) is 25.8 Å². The Morgan fingerprint density at radius 3 is 2.44 bits per heavy atom. The lowest BCUT2D eigenvalue weighted by Gasteiger charge is -2.09. The number of halogens is 1. The smallest absolute Gasteiger partial charge is 0.223 e. The summed E-state index contributed by atoms with van der Waals surface area (Å²) in [6.45, 7) is 0. The van der Waals surface area contributed by atoms with Gasteiger partial charge < -0.3 is 14.2 Å². The van der Waals surface area contributed by atoms with Crippen molar-refractivity contribution in [1.82, 2.24) is 9.97 Å². The van der Waals surface area contributed by atoms with Crippen LogP contribution in [0.4, 0.5) is 0 Å². The fourth-order valence-electron chi connectivity index (χ4n) is 1.37. The molecule has 2 aromatic rings. The molecule has 0 spiro atoms. The highest BCUT2D eigenvalue weighted by Crippen LogP contribution is 2.32. The van der Waals surface area contributed by atoms with E-state index in [1.165, 1.54) is 12.4 Å². The van der Waals surface area contributed by atoms with Crippen LogP contribution in [0.5, 0.6) is 23.1 Å².